The number of likely N-dealkylation sites (N-methyl/N-ethyl adjacent to an activating group) is 1. The topological polar surface area (TPSA) is 28.2 Å². The Labute approximate surface area is 136 Å². The largest absolute Gasteiger partial charge is 0.359 e. The number of nitrogens with one attached hydrogen (secondary N) is 1. The van der Waals surface area contributed by atoms with Crippen LogP contribution >= 0.6 is 22.9 Å². The van der Waals surface area contributed by atoms with Crippen LogP contribution in [-0.4, -0.2) is 25.1 Å². The van der Waals surface area contributed by atoms with Crippen molar-refractivity contribution in [3.8, 4) is 0 Å². The van der Waals surface area contributed by atoms with Crippen LogP contribution in [0, 0.1) is 0 Å². The van der Waals surface area contributed by atoms with Crippen LogP contribution in [0.25, 0.3) is 0 Å². The number of hydrogen-bond donors (Lipinski definition) is 1. The van der Waals surface area contributed by atoms with Gasteiger partial charge in [0.25, 0.3) is 0 Å². The summed E-state index contributed by atoms with van der Waals surface area (Å²) in [6, 6.07) is 8.19. The summed E-state index contributed by atoms with van der Waals surface area (Å²) >= 11 is 8.02. The van der Waals surface area contributed by atoms with Crippen LogP contribution in [0.1, 0.15) is 23.9 Å². The maximum absolute atomic E-state index is 6.22. The molecule has 2 aromatic heterocycles. The number of rotatable bonds is 8. The molecule has 0 amide bonds. The van der Waals surface area contributed by atoms with Crippen LogP contribution in [0.4, 0.5) is 5.82 Å². The number of nitrogens with zero attached hydrogens (tertiary/aromatic N) is 2. The van der Waals surface area contributed by atoms with Gasteiger partial charge in [-0.3, -0.25) is 0 Å². The van der Waals surface area contributed by atoms with Gasteiger partial charge in [-0.25, -0.2) is 4.98 Å². The number of hydrogen-bond acceptors (Lipinski definition) is 4. The molecule has 0 saturated heterocycles. The molecule has 0 spiro atoms. The molecule has 0 fully saturated rings. The van der Waals surface area contributed by atoms with Gasteiger partial charge in [-0.15, -0.1) is 11.3 Å². The minimum absolute atomic E-state index is 0.722. The lowest BCUT2D eigenvalue weighted by molar-refractivity contribution is 0.663. The number of thiophene rings is 1. The standard InChI is InChI=1S/C16H22ClN3S/c1-3-9-18-12-15-14(17)6-7-16(19-15)20(2)10-8-13-5-4-11-21-13/h4-7,11,18H,3,8-10,12H2,1-2H3. The van der Waals surface area contributed by atoms with E-state index in [1.54, 1.807) is 11.3 Å². The summed E-state index contributed by atoms with van der Waals surface area (Å²) in [5.74, 6) is 0.976. The first kappa shape index (κ1) is 16.3. The first-order chi connectivity index (χ1) is 10.2. The van der Waals surface area contributed by atoms with E-state index in [4.69, 9.17) is 11.6 Å². The highest BCUT2D eigenvalue weighted by Crippen LogP contribution is 2.19. The van der Waals surface area contributed by atoms with Gasteiger partial charge in [0.05, 0.1) is 10.7 Å². The fourth-order valence-electron chi connectivity index (χ4n) is 2.04. The molecule has 3 nitrogen and oxygen atoms in total. The van der Waals surface area contributed by atoms with Gasteiger partial charge in [0.15, 0.2) is 0 Å². The molecule has 1 N–H and O–H groups in total. The van der Waals surface area contributed by atoms with E-state index < -0.39 is 0 Å². The second kappa shape index (κ2) is 8.37. The second-order valence-electron chi connectivity index (χ2n) is 5.03. The van der Waals surface area contributed by atoms with Gasteiger partial charge in [-0.2, -0.15) is 0 Å². The normalized spacial score (nSPS) is 10.8. The first-order valence-corrected chi connectivity index (χ1v) is 8.56. The number of halogens is 1. The molecule has 0 aliphatic carbocycles. The molecule has 0 bridgehead atoms. The molecule has 0 atom stereocenters. The van der Waals surface area contributed by atoms with E-state index in [1.807, 2.05) is 12.1 Å². The predicted octanol–water partition coefficient (Wildman–Crippen LogP) is 3.98. The van der Waals surface area contributed by atoms with Crippen molar-refractivity contribution in [3.05, 3.63) is 45.2 Å². The van der Waals surface area contributed by atoms with Gasteiger partial charge < -0.3 is 10.2 Å². The van der Waals surface area contributed by atoms with Crippen LogP contribution in [0.2, 0.25) is 5.02 Å². The van der Waals surface area contributed by atoms with Gasteiger partial charge in [0.1, 0.15) is 5.82 Å². The van der Waals surface area contributed by atoms with Crippen LogP contribution in [0.15, 0.2) is 29.6 Å². The van der Waals surface area contributed by atoms with E-state index in [0.29, 0.717) is 0 Å². The molecule has 0 aliphatic rings. The second-order valence-corrected chi connectivity index (χ2v) is 6.47. The van der Waals surface area contributed by atoms with Crippen LogP contribution < -0.4 is 10.2 Å². The minimum atomic E-state index is 0.722. The third-order valence-corrected chi connectivity index (χ3v) is 4.57. The average molecular weight is 324 g/mol. The lowest BCUT2D eigenvalue weighted by Crippen LogP contribution is -2.22. The summed E-state index contributed by atoms with van der Waals surface area (Å²) in [5.41, 5.74) is 0.922. The van der Waals surface area contributed by atoms with E-state index in [9.17, 15) is 0 Å². The minimum Gasteiger partial charge on any atom is -0.359 e. The zero-order valence-electron chi connectivity index (χ0n) is 12.6. The average Bonchev–Trinajstić information content (AvgIpc) is 3.00. The molecule has 2 heterocycles. The molecule has 0 unspecified atom stereocenters. The predicted molar refractivity (Wildman–Crippen MR) is 92.5 cm³/mol. The lowest BCUT2D eigenvalue weighted by Gasteiger charge is -2.19. The van der Waals surface area contributed by atoms with Crippen molar-refractivity contribution in [1.82, 2.24) is 10.3 Å². The Morgan fingerprint density at radius 2 is 2.19 bits per heavy atom. The highest BCUT2D eigenvalue weighted by Gasteiger charge is 2.08. The van der Waals surface area contributed by atoms with E-state index >= 15 is 0 Å². The molecule has 21 heavy (non-hydrogen) atoms. The third kappa shape index (κ3) is 4.99. The molecule has 114 valence electrons. The molecule has 5 heteroatoms. The van der Waals surface area contributed by atoms with Crippen LogP contribution in [0.5, 0.6) is 0 Å². The summed E-state index contributed by atoms with van der Waals surface area (Å²) < 4.78 is 0. The summed E-state index contributed by atoms with van der Waals surface area (Å²) in [7, 11) is 2.08. The third-order valence-electron chi connectivity index (χ3n) is 3.29. The maximum atomic E-state index is 6.22. The van der Waals surface area contributed by atoms with Gasteiger partial charge in [-0.1, -0.05) is 24.6 Å². The van der Waals surface area contributed by atoms with E-state index in [1.165, 1.54) is 4.88 Å². The quantitative estimate of drug-likeness (QED) is 0.745. The molecule has 0 aliphatic heterocycles. The van der Waals surface area contributed by atoms with Crippen molar-refractivity contribution in [1.29, 1.82) is 0 Å². The zero-order chi connectivity index (χ0) is 15.1. The maximum Gasteiger partial charge on any atom is 0.128 e. The number of pyridine rings is 1. The smallest absolute Gasteiger partial charge is 0.128 e. The Bertz CT molecular complexity index is 542. The van der Waals surface area contributed by atoms with E-state index in [-0.39, 0.29) is 0 Å². The fraction of sp³-hybridized carbons (Fsp3) is 0.438. The molecule has 2 aromatic rings. The van der Waals surface area contributed by atoms with Crippen molar-refractivity contribution in [2.75, 3.05) is 25.0 Å². The van der Waals surface area contributed by atoms with Crippen molar-refractivity contribution >= 4 is 28.8 Å². The summed E-state index contributed by atoms with van der Waals surface area (Å²) in [4.78, 5) is 8.26. The Kier molecular flexibility index (Phi) is 6.49. The monoisotopic (exact) mass is 323 g/mol. The Morgan fingerprint density at radius 3 is 2.90 bits per heavy atom. The lowest BCUT2D eigenvalue weighted by atomic mass is 10.3. The van der Waals surface area contributed by atoms with Gasteiger partial charge >= 0.3 is 0 Å². The first-order valence-electron chi connectivity index (χ1n) is 7.30. The highest BCUT2D eigenvalue weighted by atomic mass is 35.5. The van der Waals surface area contributed by atoms with Gasteiger partial charge in [-0.05, 0) is 43.0 Å². The van der Waals surface area contributed by atoms with E-state index in [0.717, 1.165) is 49.0 Å². The summed E-state index contributed by atoms with van der Waals surface area (Å²) in [6.45, 7) is 4.81. The number of anilines is 1. The molecule has 0 saturated carbocycles. The van der Waals surface area contributed by atoms with Crippen molar-refractivity contribution in [2.45, 2.75) is 26.3 Å². The molecule has 2 rings (SSSR count). The van der Waals surface area contributed by atoms with Crippen molar-refractivity contribution in [3.63, 3.8) is 0 Å². The van der Waals surface area contributed by atoms with Crippen LogP contribution in [0.3, 0.4) is 0 Å². The summed E-state index contributed by atoms with van der Waals surface area (Å²) in [6.07, 6.45) is 2.15. The molecular formula is C16H22ClN3S. The number of aromatic nitrogens is 1. The Balaban J connectivity index is 1.96. The van der Waals surface area contributed by atoms with Crippen molar-refractivity contribution in [2.24, 2.45) is 0 Å². The Morgan fingerprint density at radius 1 is 1.33 bits per heavy atom. The highest BCUT2D eigenvalue weighted by molar-refractivity contribution is 7.09. The molecular weight excluding hydrogens is 302 g/mol. The Hall–Kier alpha value is -1.10. The zero-order valence-corrected chi connectivity index (χ0v) is 14.2. The van der Waals surface area contributed by atoms with Gasteiger partial charge in [0, 0.05) is 25.0 Å². The van der Waals surface area contributed by atoms with Gasteiger partial charge in [0.2, 0.25) is 0 Å². The van der Waals surface area contributed by atoms with Crippen LogP contribution in [-0.2, 0) is 13.0 Å². The SMILES string of the molecule is CCCNCc1nc(N(C)CCc2cccs2)ccc1Cl. The summed E-state index contributed by atoms with van der Waals surface area (Å²) in [5, 5.41) is 6.20. The van der Waals surface area contributed by atoms with E-state index in [2.05, 4.69) is 46.7 Å². The van der Waals surface area contributed by atoms with Crippen molar-refractivity contribution < 1.29 is 0 Å². The fourth-order valence-corrected chi connectivity index (χ4v) is 2.91. The molecule has 0 radical (unpaired) electrons. The molecule has 0 aromatic carbocycles.